The lowest BCUT2D eigenvalue weighted by atomic mass is 9.96. The first-order chi connectivity index (χ1) is 25.7. The van der Waals surface area contributed by atoms with E-state index >= 15 is 0 Å². The first-order valence-electron chi connectivity index (χ1n) is 16.1. The molecule has 1 aliphatic rings. The lowest BCUT2D eigenvalue weighted by molar-refractivity contribution is -0.268. The maximum absolute atomic E-state index is 14.4. The van der Waals surface area contributed by atoms with Crippen LogP contribution in [0.15, 0.2) is 62.9 Å². The Hall–Kier alpha value is -6.83. The molecular weight excluding hydrogens is 714 g/mol. The van der Waals surface area contributed by atoms with Crippen LogP contribution in [-0.4, -0.2) is 86.1 Å². The van der Waals surface area contributed by atoms with Gasteiger partial charge in [0.2, 0.25) is 0 Å². The van der Waals surface area contributed by atoms with Crippen LogP contribution in [0.4, 0.5) is 5.95 Å². The molecular formula is C34H35N7O13. The Labute approximate surface area is 304 Å². The van der Waals surface area contributed by atoms with Crippen molar-refractivity contribution in [2.75, 3.05) is 25.0 Å². The van der Waals surface area contributed by atoms with Crippen LogP contribution in [0.2, 0.25) is 0 Å². The quantitative estimate of drug-likeness (QED) is 0.117. The number of nitrogens with zero attached hydrogens (tertiary/aromatic N) is 5. The number of anilines is 1. The summed E-state index contributed by atoms with van der Waals surface area (Å²) in [4.78, 5) is 90.3. The summed E-state index contributed by atoms with van der Waals surface area (Å²) < 4.78 is 34.9. The summed E-state index contributed by atoms with van der Waals surface area (Å²) in [6.07, 6.45) is -5.07. The molecule has 0 spiro atoms. The van der Waals surface area contributed by atoms with Gasteiger partial charge in [-0.1, -0.05) is 30.3 Å². The van der Waals surface area contributed by atoms with E-state index in [4.69, 9.17) is 34.3 Å². The third-order valence-corrected chi connectivity index (χ3v) is 7.90. The summed E-state index contributed by atoms with van der Waals surface area (Å²) in [7, 11) is 1.53. The minimum Gasteiger partial charge on any atom is -0.497 e. The molecule has 20 nitrogen and oxygen atoms in total. The number of carbonyl (C=O) groups excluding carboxylic acids is 4. The molecule has 5 rings (SSSR count). The number of esters is 4. The van der Waals surface area contributed by atoms with Crippen LogP contribution in [-0.2, 0) is 42.9 Å². The number of fused-ring (bicyclic) bond motifs is 1. The SMILES string of the molecule is COc1ccc(/C=C/c2nnc(Nn3c(=O)c4ccccc4n([C@@H]4O[C@H](COC(C)=O)[C@@H](OC(C)=O)[C@H](OC(C)=O)[C@H]4OC(C)=O)c3=O)n(N)c2=O)cc1. The second-order valence-electron chi connectivity index (χ2n) is 11.7. The third kappa shape index (κ3) is 8.28. The molecule has 2 aromatic carbocycles. The Bertz CT molecular complexity index is 2300. The Morgan fingerprint density at radius 3 is 2.07 bits per heavy atom. The lowest BCUT2D eigenvalue weighted by Crippen LogP contribution is -2.62. The molecule has 284 valence electrons. The van der Waals surface area contributed by atoms with Gasteiger partial charge < -0.3 is 34.3 Å². The number of ether oxygens (including phenoxy) is 6. The van der Waals surface area contributed by atoms with Crippen molar-refractivity contribution in [3.8, 4) is 5.75 Å². The number of methoxy groups -OCH3 is 1. The normalized spacial score (nSPS) is 19.5. The second-order valence-corrected chi connectivity index (χ2v) is 11.7. The number of aromatic nitrogens is 5. The van der Waals surface area contributed by atoms with Crippen molar-refractivity contribution >= 4 is 52.9 Å². The summed E-state index contributed by atoms with van der Waals surface area (Å²) in [6, 6.07) is 12.7. The predicted molar refractivity (Wildman–Crippen MR) is 187 cm³/mol. The Morgan fingerprint density at radius 1 is 0.815 bits per heavy atom. The number of carbonyl (C=O) groups is 4. The zero-order valence-electron chi connectivity index (χ0n) is 29.5. The van der Waals surface area contributed by atoms with Gasteiger partial charge in [0.25, 0.3) is 17.1 Å². The minimum absolute atomic E-state index is 0.0540. The summed E-state index contributed by atoms with van der Waals surface area (Å²) >= 11 is 0. The van der Waals surface area contributed by atoms with Crippen LogP contribution in [0.25, 0.3) is 23.1 Å². The molecule has 1 aliphatic heterocycles. The number of nitrogens with one attached hydrogen (secondary N) is 1. The van der Waals surface area contributed by atoms with E-state index in [1.165, 1.54) is 37.5 Å². The summed E-state index contributed by atoms with van der Waals surface area (Å²) in [6.45, 7) is 3.67. The number of benzene rings is 2. The highest BCUT2D eigenvalue weighted by Crippen LogP contribution is 2.35. The smallest absolute Gasteiger partial charge is 0.353 e. The van der Waals surface area contributed by atoms with Crippen molar-refractivity contribution in [3.63, 3.8) is 0 Å². The molecule has 20 heteroatoms. The van der Waals surface area contributed by atoms with E-state index in [-0.39, 0.29) is 16.6 Å². The van der Waals surface area contributed by atoms with Crippen LogP contribution in [0.5, 0.6) is 5.75 Å². The summed E-state index contributed by atoms with van der Waals surface area (Å²) in [5.41, 5.74) is -0.0764. The van der Waals surface area contributed by atoms with Gasteiger partial charge in [-0.2, -0.15) is 9.35 Å². The van der Waals surface area contributed by atoms with Crippen LogP contribution >= 0.6 is 0 Å². The fraction of sp³-hybridized carbons (Fsp3) is 0.324. The van der Waals surface area contributed by atoms with Gasteiger partial charge in [0.15, 0.2) is 30.2 Å². The molecule has 54 heavy (non-hydrogen) atoms. The number of nitrogens with two attached hydrogens (primary N) is 1. The van der Waals surface area contributed by atoms with Crippen LogP contribution < -0.4 is 32.8 Å². The first kappa shape index (κ1) is 38.4. The highest BCUT2D eigenvalue weighted by atomic mass is 16.7. The monoisotopic (exact) mass is 749 g/mol. The van der Waals surface area contributed by atoms with Gasteiger partial charge in [-0.05, 0) is 35.9 Å². The molecule has 1 fully saturated rings. The number of para-hydroxylation sites is 1. The van der Waals surface area contributed by atoms with E-state index in [0.717, 1.165) is 32.3 Å². The van der Waals surface area contributed by atoms with E-state index in [1.54, 1.807) is 30.3 Å². The molecule has 3 N–H and O–H groups in total. The average molecular weight is 750 g/mol. The molecule has 2 aromatic heterocycles. The zero-order valence-corrected chi connectivity index (χ0v) is 29.5. The van der Waals surface area contributed by atoms with Gasteiger partial charge in [0.1, 0.15) is 18.5 Å². The van der Waals surface area contributed by atoms with Gasteiger partial charge in [-0.25, -0.2) is 4.79 Å². The fourth-order valence-electron chi connectivity index (χ4n) is 5.62. The number of hydrogen-bond donors (Lipinski definition) is 2. The van der Waals surface area contributed by atoms with Crippen LogP contribution in [0, 0.1) is 0 Å². The molecule has 0 unspecified atom stereocenters. The number of nitrogen functional groups attached to an aromatic ring is 1. The molecule has 4 aromatic rings. The first-order valence-corrected chi connectivity index (χ1v) is 16.1. The maximum atomic E-state index is 14.4. The van der Waals surface area contributed by atoms with Crippen molar-refractivity contribution in [3.05, 3.63) is 91.0 Å². The van der Waals surface area contributed by atoms with Crippen LogP contribution in [0.3, 0.4) is 0 Å². The van der Waals surface area contributed by atoms with E-state index in [9.17, 15) is 33.6 Å². The topological polar surface area (TPSA) is 253 Å². The largest absolute Gasteiger partial charge is 0.497 e. The van der Waals surface area contributed by atoms with Gasteiger partial charge in [-0.3, -0.25) is 38.8 Å². The number of rotatable bonds is 11. The van der Waals surface area contributed by atoms with E-state index in [2.05, 4.69) is 15.6 Å². The fourth-order valence-corrected chi connectivity index (χ4v) is 5.62. The highest BCUT2D eigenvalue weighted by molar-refractivity contribution is 5.78. The van der Waals surface area contributed by atoms with Gasteiger partial charge in [0.05, 0.1) is 18.0 Å². The van der Waals surface area contributed by atoms with Gasteiger partial charge >= 0.3 is 29.6 Å². The maximum Gasteiger partial charge on any atom is 0.353 e. The van der Waals surface area contributed by atoms with Crippen molar-refractivity contribution in [2.24, 2.45) is 0 Å². The molecule has 1 saturated heterocycles. The van der Waals surface area contributed by atoms with E-state index in [0.29, 0.717) is 20.7 Å². The Kier molecular flexibility index (Phi) is 11.5. The highest BCUT2D eigenvalue weighted by Gasteiger charge is 2.53. The molecule has 0 bridgehead atoms. The second kappa shape index (κ2) is 16.2. The molecule has 0 saturated carbocycles. The van der Waals surface area contributed by atoms with Crippen molar-refractivity contribution in [1.82, 2.24) is 24.1 Å². The summed E-state index contributed by atoms with van der Waals surface area (Å²) in [5.74, 6) is 2.72. The third-order valence-electron chi connectivity index (χ3n) is 7.90. The molecule has 0 radical (unpaired) electrons. The van der Waals surface area contributed by atoms with Crippen molar-refractivity contribution < 1.29 is 47.6 Å². The standard InChI is InChI=1S/C34H35N7O13/c1-17(42)50-16-26-27(51-18(2)43)28(52-19(3)44)29(53-20(4)45)32(54-26)39-25-9-7-6-8-23(25)30(46)41(34(39)48)38-33-37-36-24(31(47)40(33)35)15-12-21-10-13-22(49-5)14-11-21/h6-15,26-29,32H,16,35H2,1-5H3,(H,37,38)/b15-12+/t26-,27-,28+,29-,32-/m1/s1. The zero-order chi connectivity index (χ0) is 39.3. The van der Waals surface area contributed by atoms with Gasteiger partial charge in [0, 0.05) is 27.7 Å². The minimum atomic E-state index is -1.74. The molecule has 5 atom stereocenters. The van der Waals surface area contributed by atoms with E-state index < -0.39 is 83.9 Å². The average Bonchev–Trinajstić information content (AvgIpc) is 3.12. The molecule has 0 amide bonds. The summed E-state index contributed by atoms with van der Waals surface area (Å²) in [5, 5.41) is 7.71. The van der Waals surface area contributed by atoms with E-state index in [1.807, 2.05) is 0 Å². The number of hydrogen-bond acceptors (Lipinski definition) is 17. The molecule has 3 heterocycles. The van der Waals surface area contributed by atoms with Crippen molar-refractivity contribution in [2.45, 2.75) is 58.3 Å². The lowest BCUT2D eigenvalue weighted by Gasteiger charge is -2.44. The Morgan fingerprint density at radius 2 is 1.44 bits per heavy atom. The Balaban J connectivity index is 1.64. The predicted octanol–water partition coefficient (Wildman–Crippen LogP) is 0.139. The van der Waals surface area contributed by atoms with Gasteiger partial charge in [-0.15, -0.1) is 10.2 Å². The van der Waals surface area contributed by atoms with Crippen molar-refractivity contribution in [1.29, 1.82) is 0 Å². The van der Waals surface area contributed by atoms with Crippen LogP contribution in [0.1, 0.15) is 45.2 Å². The molecule has 0 aliphatic carbocycles.